The Morgan fingerprint density at radius 3 is 2.71 bits per heavy atom. The van der Waals surface area contributed by atoms with Crippen LogP contribution in [0, 0.1) is 12.7 Å². The third-order valence-corrected chi connectivity index (χ3v) is 4.72. The van der Waals surface area contributed by atoms with Gasteiger partial charge in [-0.3, -0.25) is 0 Å². The first-order valence-electron chi connectivity index (χ1n) is 7.44. The Morgan fingerprint density at radius 2 is 2.08 bits per heavy atom. The van der Waals surface area contributed by atoms with Crippen molar-refractivity contribution in [3.63, 3.8) is 0 Å². The van der Waals surface area contributed by atoms with Crippen LogP contribution in [0.5, 0.6) is 0 Å². The number of benzene rings is 1. The zero-order valence-corrected chi connectivity index (χ0v) is 14.4. The molecule has 7 nitrogen and oxygen atoms in total. The van der Waals surface area contributed by atoms with Crippen LogP contribution in [0.3, 0.4) is 0 Å². The molecule has 132 valence electrons. The van der Waals surface area contributed by atoms with Gasteiger partial charge in [-0.25, -0.2) is 22.2 Å². The number of aryl methyl sites for hydroxylation is 1. The molecular formula is C15H21FN4O3S. The quantitative estimate of drug-likeness (QED) is 0.650. The van der Waals surface area contributed by atoms with Crippen molar-refractivity contribution in [2.45, 2.75) is 11.8 Å². The predicted octanol–water partition coefficient (Wildman–Crippen LogP) is 0.834. The fourth-order valence-corrected chi connectivity index (χ4v) is 3.08. The molecule has 0 aliphatic carbocycles. The Balaban J connectivity index is 2.02. The highest BCUT2D eigenvalue weighted by Gasteiger charge is 2.16. The van der Waals surface area contributed by atoms with Crippen molar-refractivity contribution >= 4 is 10.0 Å². The number of aromatic nitrogens is 2. The molecule has 0 unspecified atom stereocenters. The molecule has 1 heterocycles. The van der Waals surface area contributed by atoms with E-state index in [1.54, 1.807) is 19.5 Å². The van der Waals surface area contributed by atoms with Crippen LogP contribution in [0.4, 0.5) is 4.39 Å². The van der Waals surface area contributed by atoms with E-state index in [-0.39, 0.29) is 17.1 Å². The second-order valence-corrected chi connectivity index (χ2v) is 6.98. The average Bonchev–Trinajstić information content (AvgIpc) is 2.97. The van der Waals surface area contributed by atoms with Crippen LogP contribution in [0.15, 0.2) is 35.5 Å². The minimum Gasteiger partial charge on any atom is -0.383 e. The minimum atomic E-state index is -3.76. The lowest BCUT2D eigenvalue weighted by Crippen LogP contribution is -2.33. The molecule has 1 aromatic carbocycles. The monoisotopic (exact) mass is 356 g/mol. The highest BCUT2D eigenvalue weighted by molar-refractivity contribution is 7.89. The number of halogens is 1. The molecule has 0 fully saturated rings. The summed E-state index contributed by atoms with van der Waals surface area (Å²) in [6, 6.07) is 3.75. The van der Waals surface area contributed by atoms with E-state index in [2.05, 4.69) is 15.1 Å². The van der Waals surface area contributed by atoms with Gasteiger partial charge in [0.1, 0.15) is 11.5 Å². The Bertz CT molecular complexity index is 777. The second kappa shape index (κ2) is 8.34. The van der Waals surface area contributed by atoms with Crippen molar-refractivity contribution in [1.29, 1.82) is 0 Å². The SMILES string of the molecule is COCCNCCNS(=O)(=O)c1ccc(-n2cc(C)cn2)c(F)c1. The summed E-state index contributed by atoms with van der Waals surface area (Å²) in [5, 5.41) is 7.03. The van der Waals surface area contributed by atoms with E-state index in [9.17, 15) is 12.8 Å². The number of ether oxygens (including phenoxy) is 1. The van der Waals surface area contributed by atoms with Gasteiger partial charge in [0, 0.05) is 32.9 Å². The molecule has 0 spiro atoms. The predicted molar refractivity (Wildman–Crippen MR) is 88.2 cm³/mol. The Labute approximate surface area is 140 Å². The minimum absolute atomic E-state index is 0.121. The van der Waals surface area contributed by atoms with E-state index in [1.165, 1.54) is 16.8 Å². The van der Waals surface area contributed by atoms with Crippen LogP contribution < -0.4 is 10.0 Å². The maximum Gasteiger partial charge on any atom is 0.240 e. The number of sulfonamides is 1. The van der Waals surface area contributed by atoms with E-state index in [0.717, 1.165) is 11.6 Å². The van der Waals surface area contributed by atoms with Crippen molar-refractivity contribution < 1.29 is 17.5 Å². The van der Waals surface area contributed by atoms with Crippen LogP contribution in [0.25, 0.3) is 5.69 Å². The van der Waals surface area contributed by atoms with Gasteiger partial charge in [-0.05, 0) is 30.7 Å². The van der Waals surface area contributed by atoms with Crippen molar-refractivity contribution in [2.24, 2.45) is 0 Å². The van der Waals surface area contributed by atoms with Crippen LogP contribution >= 0.6 is 0 Å². The molecule has 0 saturated carbocycles. The van der Waals surface area contributed by atoms with Gasteiger partial charge in [0.05, 0.1) is 17.7 Å². The molecule has 0 bridgehead atoms. The van der Waals surface area contributed by atoms with Crippen molar-refractivity contribution in [3.8, 4) is 5.69 Å². The number of rotatable bonds is 9. The highest BCUT2D eigenvalue weighted by Crippen LogP contribution is 2.18. The molecular weight excluding hydrogens is 335 g/mol. The number of hydrogen-bond acceptors (Lipinski definition) is 5. The van der Waals surface area contributed by atoms with Crippen LogP contribution in [-0.4, -0.2) is 51.5 Å². The van der Waals surface area contributed by atoms with Gasteiger partial charge in [0.2, 0.25) is 10.0 Å². The first-order valence-corrected chi connectivity index (χ1v) is 8.93. The summed E-state index contributed by atoms with van der Waals surface area (Å²) in [5.74, 6) is -0.654. The van der Waals surface area contributed by atoms with Gasteiger partial charge in [-0.2, -0.15) is 5.10 Å². The van der Waals surface area contributed by atoms with Gasteiger partial charge in [0.25, 0.3) is 0 Å². The Hall–Kier alpha value is -1.81. The van der Waals surface area contributed by atoms with Crippen LogP contribution in [0.1, 0.15) is 5.56 Å². The topological polar surface area (TPSA) is 85.3 Å². The first-order chi connectivity index (χ1) is 11.4. The maximum absolute atomic E-state index is 14.2. The molecule has 0 atom stereocenters. The lowest BCUT2D eigenvalue weighted by atomic mass is 10.3. The fourth-order valence-electron chi connectivity index (χ4n) is 2.04. The Kier molecular flexibility index (Phi) is 6.44. The highest BCUT2D eigenvalue weighted by atomic mass is 32.2. The third kappa shape index (κ3) is 4.84. The van der Waals surface area contributed by atoms with Gasteiger partial charge in [-0.1, -0.05) is 0 Å². The zero-order chi connectivity index (χ0) is 17.6. The molecule has 0 aliphatic heterocycles. The first kappa shape index (κ1) is 18.5. The largest absolute Gasteiger partial charge is 0.383 e. The summed E-state index contributed by atoms with van der Waals surface area (Å²) >= 11 is 0. The maximum atomic E-state index is 14.2. The van der Waals surface area contributed by atoms with E-state index in [4.69, 9.17) is 4.74 Å². The molecule has 0 aliphatic rings. The zero-order valence-electron chi connectivity index (χ0n) is 13.6. The smallest absolute Gasteiger partial charge is 0.240 e. The molecule has 2 rings (SSSR count). The van der Waals surface area contributed by atoms with Gasteiger partial charge >= 0.3 is 0 Å². The van der Waals surface area contributed by atoms with Gasteiger partial charge in [-0.15, -0.1) is 0 Å². The van der Waals surface area contributed by atoms with Crippen LogP contribution in [-0.2, 0) is 14.8 Å². The average molecular weight is 356 g/mol. The molecule has 0 saturated heterocycles. The van der Waals surface area contributed by atoms with E-state index in [0.29, 0.717) is 19.7 Å². The fraction of sp³-hybridized carbons (Fsp3) is 0.400. The van der Waals surface area contributed by atoms with Gasteiger partial charge < -0.3 is 10.1 Å². The number of nitrogens with zero attached hydrogens (tertiary/aromatic N) is 2. The summed E-state index contributed by atoms with van der Waals surface area (Å²) in [5.41, 5.74) is 1.08. The summed E-state index contributed by atoms with van der Waals surface area (Å²) in [7, 11) is -2.17. The number of hydrogen-bond donors (Lipinski definition) is 2. The third-order valence-electron chi connectivity index (χ3n) is 3.26. The summed E-state index contributed by atoms with van der Waals surface area (Å²) in [6.45, 7) is 3.67. The Morgan fingerprint density at radius 1 is 1.29 bits per heavy atom. The van der Waals surface area contributed by atoms with E-state index >= 15 is 0 Å². The lowest BCUT2D eigenvalue weighted by molar-refractivity contribution is 0.199. The second-order valence-electron chi connectivity index (χ2n) is 5.22. The lowest BCUT2D eigenvalue weighted by Gasteiger charge is -2.09. The molecule has 9 heteroatoms. The van der Waals surface area contributed by atoms with Gasteiger partial charge in [0.15, 0.2) is 0 Å². The molecule has 24 heavy (non-hydrogen) atoms. The van der Waals surface area contributed by atoms with E-state index in [1.807, 2.05) is 6.92 Å². The van der Waals surface area contributed by atoms with Crippen molar-refractivity contribution in [1.82, 2.24) is 19.8 Å². The summed E-state index contributed by atoms with van der Waals surface area (Å²) in [6.07, 6.45) is 3.26. The summed E-state index contributed by atoms with van der Waals surface area (Å²) in [4.78, 5) is -0.121. The number of nitrogens with one attached hydrogen (secondary N) is 2. The van der Waals surface area contributed by atoms with Crippen molar-refractivity contribution in [2.75, 3.05) is 33.4 Å². The molecule has 2 aromatic rings. The molecule has 2 N–H and O–H groups in total. The number of methoxy groups -OCH3 is 1. The van der Waals surface area contributed by atoms with Crippen molar-refractivity contribution in [3.05, 3.63) is 42.0 Å². The molecule has 1 aromatic heterocycles. The summed E-state index contributed by atoms with van der Waals surface area (Å²) < 4.78 is 47.2. The van der Waals surface area contributed by atoms with E-state index < -0.39 is 15.8 Å². The normalized spacial score (nSPS) is 11.8. The van der Waals surface area contributed by atoms with Crippen LogP contribution in [0.2, 0.25) is 0 Å². The standard InChI is InChI=1S/C15H21FN4O3S/c1-12-10-18-20(11-12)15-4-3-13(9-14(15)16)24(21,22)19-6-5-17-7-8-23-2/h3-4,9-11,17,19H,5-8H2,1-2H3. The molecule has 0 radical (unpaired) electrons. The molecule has 0 amide bonds.